The van der Waals surface area contributed by atoms with Gasteiger partial charge in [-0.3, -0.25) is 4.40 Å². The maximum absolute atomic E-state index is 5.75. The highest BCUT2D eigenvalue weighted by molar-refractivity contribution is 7.23. The summed E-state index contributed by atoms with van der Waals surface area (Å²) in [4.78, 5) is 0.807. The normalized spacial score (nSPS) is 11.3. The van der Waals surface area contributed by atoms with Crippen LogP contribution in [0.5, 0.6) is 5.75 Å². The molecule has 3 aromatic rings. The Labute approximate surface area is 95.5 Å². The first-order valence-corrected chi connectivity index (χ1v) is 5.77. The lowest BCUT2D eigenvalue weighted by atomic mass is 10.3. The van der Waals surface area contributed by atoms with Crippen LogP contribution in [0.3, 0.4) is 0 Å². The van der Waals surface area contributed by atoms with Gasteiger partial charge in [-0.25, -0.2) is 0 Å². The molecular weight excluding hydrogens is 224 g/mol. The number of rotatable bonds is 2. The zero-order chi connectivity index (χ0) is 11.1. The molecule has 0 radical (unpaired) electrons. The van der Waals surface area contributed by atoms with Gasteiger partial charge in [0.1, 0.15) is 5.75 Å². The number of nitrogens with two attached hydrogens (primary N) is 1. The molecule has 0 spiro atoms. The van der Waals surface area contributed by atoms with E-state index in [1.54, 1.807) is 11.3 Å². The highest BCUT2D eigenvalue weighted by atomic mass is 32.1. The monoisotopic (exact) mass is 234 g/mol. The summed E-state index contributed by atoms with van der Waals surface area (Å²) in [5.41, 5.74) is 6.77. The van der Waals surface area contributed by atoms with Crippen LogP contribution in [0.4, 0.5) is 5.95 Å². The van der Waals surface area contributed by atoms with Gasteiger partial charge in [0.25, 0.3) is 0 Å². The zero-order valence-electron chi connectivity index (χ0n) is 8.67. The first-order valence-electron chi connectivity index (χ1n) is 4.95. The molecule has 82 valence electrons. The van der Waals surface area contributed by atoms with Crippen LogP contribution in [-0.4, -0.2) is 21.2 Å². The Kier molecular flexibility index (Phi) is 1.97. The van der Waals surface area contributed by atoms with Crippen molar-refractivity contribution in [3.05, 3.63) is 18.2 Å². The summed E-state index contributed by atoms with van der Waals surface area (Å²) in [6.07, 6.45) is 0. The quantitative estimate of drug-likeness (QED) is 0.735. The van der Waals surface area contributed by atoms with Crippen LogP contribution in [0.2, 0.25) is 0 Å². The van der Waals surface area contributed by atoms with Gasteiger partial charge in [-0.1, -0.05) is 11.3 Å². The number of thiazole rings is 1. The molecule has 1 aromatic carbocycles. The minimum Gasteiger partial charge on any atom is -0.494 e. The Morgan fingerprint density at radius 2 is 2.31 bits per heavy atom. The first-order chi connectivity index (χ1) is 7.79. The van der Waals surface area contributed by atoms with E-state index in [1.165, 1.54) is 0 Å². The third kappa shape index (κ3) is 1.23. The molecule has 3 rings (SSSR count). The van der Waals surface area contributed by atoms with Crippen molar-refractivity contribution in [2.75, 3.05) is 12.3 Å². The molecule has 0 aliphatic heterocycles. The van der Waals surface area contributed by atoms with E-state index in [0.29, 0.717) is 12.6 Å². The summed E-state index contributed by atoms with van der Waals surface area (Å²) < 4.78 is 8.39. The van der Waals surface area contributed by atoms with E-state index in [1.807, 2.05) is 29.5 Å². The predicted octanol–water partition coefficient (Wildman–Crippen LogP) is 1.92. The fourth-order valence-electron chi connectivity index (χ4n) is 1.69. The average molecular weight is 234 g/mol. The second-order valence-corrected chi connectivity index (χ2v) is 4.35. The number of nitrogen functional groups attached to an aromatic ring is 1. The summed E-state index contributed by atoms with van der Waals surface area (Å²) in [5.74, 6) is 1.29. The maximum Gasteiger partial charge on any atom is 0.227 e. The van der Waals surface area contributed by atoms with Crippen molar-refractivity contribution in [2.24, 2.45) is 0 Å². The second-order valence-electron chi connectivity index (χ2n) is 3.34. The lowest BCUT2D eigenvalue weighted by molar-refractivity contribution is 0.341. The molecule has 0 amide bonds. The molecule has 16 heavy (non-hydrogen) atoms. The van der Waals surface area contributed by atoms with Crippen molar-refractivity contribution < 1.29 is 4.74 Å². The number of fused-ring (bicyclic) bond motifs is 3. The number of anilines is 1. The maximum atomic E-state index is 5.75. The van der Waals surface area contributed by atoms with E-state index >= 15 is 0 Å². The number of benzene rings is 1. The van der Waals surface area contributed by atoms with E-state index in [4.69, 9.17) is 10.5 Å². The molecule has 2 aromatic heterocycles. The van der Waals surface area contributed by atoms with Gasteiger partial charge in [-0.2, -0.15) is 0 Å². The fourth-order valence-corrected chi connectivity index (χ4v) is 2.69. The van der Waals surface area contributed by atoms with Crippen molar-refractivity contribution in [1.29, 1.82) is 0 Å². The van der Waals surface area contributed by atoms with Crippen molar-refractivity contribution in [3.63, 3.8) is 0 Å². The Balaban J connectivity index is 2.29. The van der Waals surface area contributed by atoms with Crippen LogP contribution in [-0.2, 0) is 0 Å². The Bertz CT molecular complexity index is 657. The minimum atomic E-state index is 0.422. The van der Waals surface area contributed by atoms with E-state index < -0.39 is 0 Å². The molecule has 0 unspecified atom stereocenters. The Morgan fingerprint density at radius 1 is 1.44 bits per heavy atom. The van der Waals surface area contributed by atoms with Gasteiger partial charge < -0.3 is 10.5 Å². The summed E-state index contributed by atoms with van der Waals surface area (Å²) in [7, 11) is 0. The van der Waals surface area contributed by atoms with E-state index in [9.17, 15) is 0 Å². The first kappa shape index (κ1) is 9.41. The molecule has 0 aliphatic rings. The smallest absolute Gasteiger partial charge is 0.227 e. The molecule has 6 heteroatoms. The molecule has 2 heterocycles. The highest BCUT2D eigenvalue weighted by Gasteiger charge is 2.10. The highest BCUT2D eigenvalue weighted by Crippen LogP contribution is 2.30. The van der Waals surface area contributed by atoms with Crippen LogP contribution >= 0.6 is 11.3 Å². The SMILES string of the molecule is CCOc1ccc2c(c1)sc1nnc(N)n12. The van der Waals surface area contributed by atoms with Crippen LogP contribution in [0.25, 0.3) is 15.2 Å². The van der Waals surface area contributed by atoms with E-state index in [2.05, 4.69) is 10.2 Å². The van der Waals surface area contributed by atoms with Gasteiger partial charge >= 0.3 is 0 Å². The number of aromatic nitrogens is 3. The topological polar surface area (TPSA) is 65.4 Å². The lowest BCUT2D eigenvalue weighted by Gasteiger charge is -2.01. The summed E-state index contributed by atoms with van der Waals surface area (Å²) >= 11 is 1.55. The third-order valence-electron chi connectivity index (χ3n) is 2.34. The van der Waals surface area contributed by atoms with Crippen LogP contribution in [0, 0.1) is 0 Å². The van der Waals surface area contributed by atoms with Crippen LogP contribution in [0.1, 0.15) is 6.92 Å². The molecule has 0 bridgehead atoms. The fraction of sp³-hybridized carbons (Fsp3) is 0.200. The standard InChI is InChI=1S/C10H10N4OS/c1-2-15-6-3-4-7-8(5-6)16-10-13-12-9(11)14(7)10/h3-5H,2H2,1H3,(H2,11,12). The van der Waals surface area contributed by atoms with Crippen molar-refractivity contribution >= 4 is 32.5 Å². The van der Waals surface area contributed by atoms with Gasteiger partial charge in [-0.05, 0) is 25.1 Å². The average Bonchev–Trinajstić information content (AvgIpc) is 2.79. The zero-order valence-corrected chi connectivity index (χ0v) is 9.49. The van der Waals surface area contributed by atoms with Crippen molar-refractivity contribution in [1.82, 2.24) is 14.6 Å². The number of nitrogens with zero attached hydrogens (tertiary/aromatic N) is 3. The van der Waals surface area contributed by atoms with Crippen molar-refractivity contribution in [2.45, 2.75) is 6.92 Å². The molecule has 5 nitrogen and oxygen atoms in total. The molecule has 2 N–H and O–H groups in total. The van der Waals surface area contributed by atoms with Gasteiger partial charge in [0, 0.05) is 0 Å². The van der Waals surface area contributed by atoms with Gasteiger partial charge in [0.05, 0.1) is 16.8 Å². The van der Waals surface area contributed by atoms with Gasteiger partial charge in [-0.15, -0.1) is 10.2 Å². The predicted molar refractivity (Wildman–Crippen MR) is 64.0 cm³/mol. The molecule has 0 saturated heterocycles. The van der Waals surface area contributed by atoms with Crippen LogP contribution in [0.15, 0.2) is 18.2 Å². The number of ether oxygens (including phenoxy) is 1. The van der Waals surface area contributed by atoms with E-state index in [0.717, 1.165) is 20.9 Å². The Morgan fingerprint density at radius 3 is 3.12 bits per heavy atom. The third-order valence-corrected chi connectivity index (χ3v) is 3.34. The lowest BCUT2D eigenvalue weighted by Crippen LogP contribution is -1.93. The number of hydrogen-bond acceptors (Lipinski definition) is 5. The van der Waals surface area contributed by atoms with Crippen molar-refractivity contribution in [3.8, 4) is 5.75 Å². The summed E-state index contributed by atoms with van der Waals surface area (Å²) in [6, 6.07) is 5.90. The molecule has 0 atom stereocenters. The minimum absolute atomic E-state index is 0.422. The number of hydrogen-bond donors (Lipinski definition) is 1. The summed E-state index contributed by atoms with van der Waals surface area (Å²) in [6.45, 7) is 2.63. The van der Waals surface area contributed by atoms with Crippen LogP contribution < -0.4 is 10.5 Å². The van der Waals surface area contributed by atoms with Gasteiger partial charge in [0.15, 0.2) is 0 Å². The molecule has 0 aliphatic carbocycles. The molecule has 0 fully saturated rings. The second kappa shape index (κ2) is 3.34. The largest absolute Gasteiger partial charge is 0.494 e. The summed E-state index contributed by atoms with van der Waals surface area (Å²) in [5, 5.41) is 7.83. The van der Waals surface area contributed by atoms with E-state index in [-0.39, 0.29) is 0 Å². The Hall–Kier alpha value is -1.82. The van der Waals surface area contributed by atoms with Gasteiger partial charge in [0.2, 0.25) is 10.9 Å². The molecular formula is C10H10N4OS. The molecule has 0 saturated carbocycles.